The Morgan fingerprint density at radius 2 is 0.741 bits per heavy atom. The zero-order valence-corrected chi connectivity index (χ0v) is 30.4. The SMILES string of the molecule is C(=CC12CCCC1O2)c1ccc(N(c2ccccc2)c2ccc(-c3ccc(N(c4ccccc4)c4ccc(C=CC56CCCC5O6)cc4)cc3)cc2)cc1. The minimum absolute atomic E-state index is 0.00679. The lowest BCUT2D eigenvalue weighted by molar-refractivity contribution is 0.284. The van der Waals surface area contributed by atoms with Gasteiger partial charge in [0.15, 0.2) is 0 Å². The van der Waals surface area contributed by atoms with Crippen LogP contribution in [-0.2, 0) is 9.47 Å². The van der Waals surface area contributed by atoms with E-state index in [2.05, 4.69) is 192 Å². The lowest BCUT2D eigenvalue weighted by Gasteiger charge is -2.26. The molecule has 0 aromatic heterocycles. The first-order chi connectivity index (χ1) is 26.6. The average Bonchev–Trinajstić information content (AvgIpc) is 4.01. The van der Waals surface area contributed by atoms with Crippen molar-refractivity contribution >= 4 is 46.3 Å². The summed E-state index contributed by atoms with van der Waals surface area (Å²) in [4.78, 5) is 4.64. The Labute approximate surface area is 318 Å². The Morgan fingerprint density at radius 3 is 1.06 bits per heavy atom. The second-order valence-corrected chi connectivity index (χ2v) is 15.2. The number of epoxide rings is 2. The van der Waals surface area contributed by atoms with Gasteiger partial charge in [0.2, 0.25) is 0 Å². The van der Waals surface area contributed by atoms with Crippen LogP contribution in [0.1, 0.15) is 49.7 Å². The molecule has 2 aliphatic carbocycles. The van der Waals surface area contributed by atoms with Gasteiger partial charge in [0.05, 0.1) is 12.2 Å². The Hall–Kier alpha value is -5.68. The van der Waals surface area contributed by atoms with E-state index in [1.165, 1.54) is 47.9 Å². The largest absolute Gasteiger partial charge is 0.362 e. The summed E-state index contributed by atoms with van der Waals surface area (Å²) in [5.74, 6) is 0. The maximum atomic E-state index is 5.96. The van der Waals surface area contributed by atoms with Gasteiger partial charge in [0, 0.05) is 34.1 Å². The van der Waals surface area contributed by atoms with E-state index in [1.807, 2.05) is 0 Å². The fourth-order valence-electron chi connectivity index (χ4n) is 8.69. The van der Waals surface area contributed by atoms with Crippen molar-refractivity contribution in [2.24, 2.45) is 0 Å². The van der Waals surface area contributed by atoms with Crippen molar-refractivity contribution in [3.8, 4) is 11.1 Å². The summed E-state index contributed by atoms with van der Waals surface area (Å²) in [6.07, 6.45) is 17.1. The smallest absolute Gasteiger partial charge is 0.113 e. The van der Waals surface area contributed by atoms with Gasteiger partial charge in [-0.1, -0.05) is 97.1 Å². The summed E-state index contributed by atoms with van der Waals surface area (Å²) in [6.45, 7) is 0. The van der Waals surface area contributed by atoms with Crippen molar-refractivity contribution in [3.63, 3.8) is 0 Å². The lowest BCUT2D eigenvalue weighted by Crippen LogP contribution is -2.10. The number of para-hydroxylation sites is 2. The number of hydrogen-bond acceptors (Lipinski definition) is 4. The van der Waals surface area contributed by atoms with E-state index in [0.29, 0.717) is 12.2 Å². The monoisotopic (exact) mass is 704 g/mol. The van der Waals surface area contributed by atoms with E-state index in [4.69, 9.17) is 9.47 Å². The number of anilines is 6. The molecular formula is C50H44N2O2. The van der Waals surface area contributed by atoms with Crippen molar-refractivity contribution in [1.82, 2.24) is 0 Å². The summed E-state index contributed by atoms with van der Waals surface area (Å²) >= 11 is 0. The minimum Gasteiger partial charge on any atom is -0.362 e. The van der Waals surface area contributed by atoms with E-state index in [9.17, 15) is 0 Å². The molecule has 6 aromatic carbocycles. The highest BCUT2D eigenvalue weighted by Gasteiger charge is 2.58. The fraction of sp³-hybridized carbons (Fsp3) is 0.200. The van der Waals surface area contributed by atoms with Gasteiger partial charge < -0.3 is 19.3 Å². The van der Waals surface area contributed by atoms with Crippen LogP contribution in [0.5, 0.6) is 0 Å². The normalized spacial score (nSPS) is 23.7. The van der Waals surface area contributed by atoms with Crippen LogP contribution in [0, 0.1) is 0 Å². The van der Waals surface area contributed by atoms with Crippen LogP contribution in [0.2, 0.25) is 0 Å². The van der Waals surface area contributed by atoms with Gasteiger partial charge in [0.1, 0.15) is 11.2 Å². The van der Waals surface area contributed by atoms with E-state index < -0.39 is 0 Å². The summed E-state index contributed by atoms with van der Waals surface area (Å²) < 4.78 is 11.9. The third-order valence-corrected chi connectivity index (χ3v) is 11.8. The average molecular weight is 705 g/mol. The molecule has 0 bridgehead atoms. The minimum atomic E-state index is 0.00679. The predicted octanol–water partition coefficient (Wildman–Crippen LogP) is 13.0. The standard InChI is InChI=1S/C50H44N2O2/c1-3-9-41(10-4-1)51(43-23-15-37(16-24-43)31-35-49-33-7-13-47(49)53-49)45-27-19-39(20-28-45)40-21-29-46(30-22-40)52(42-11-5-2-6-12-42)44-25-17-38(18-26-44)32-36-50-34-8-14-48(50)54-50/h1-6,9-12,15-32,35-36,47-48H,7-8,13-14,33-34H2. The summed E-state index contributed by atoms with van der Waals surface area (Å²) in [5.41, 5.74) is 11.5. The lowest BCUT2D eigenvalue weighted by atomic mass is 10.0. The molecule has 4 atom stereocenters. The Balaban J connectivity index is 0.887. The third-order valence-electron chi connectivity index (χ3n) is 11.8. The number of hydrogen-bond donors (Lipinski definition) is 0. The Bertz CT molecular complexity index is 2120. The van der Waals surface area contributed by atoms with Crippen LogP contribution in [0.25, 0.3) is 23.3 Å². The van der Waals surface area contributed by atoms with Gasteiger partial charge in [-0.05, 0) is 146 Å². The molecule has 4 aliphatic rings. The van der Waals surface area contributed by atoms with Crippen LogP contribution in [-0.4, -0.2) is 23.4 Å². The van der Waals surface area contributed by atoms with Crippen molar-refractivity contribution in [1.29, 1.82) is 0 Å². The van der Waals surface area contributed by atoms with Gasteiger partial charge in [-0.15, -0.1) is 0 Å². The summed E-state index contributed by atoms with van der Waals surface area (Å²) in [6, 6.07) is 56.7. The molecule has 0 radical (unpaired) electrons. The zero-order chi connectivity index (χ0) is 36.0. The quantitative estimate of drug-likeness (QED) is 0.126. The molecule has 4 unspecified atom stereocenters. The van der Waals surface area contributed by atoms with Gasteiger partial charge in [-0.2, -0.15) is 0 Å². The molecule has 54 heavy (non-hydrogen) atoms. The maximum absolute atomic E-state index is 5.96. The van der Waals surface area contributed by atoms with Gasteiger partial charge in [-0.3, -0.25) is 0 Å². The van der Waals surface area contributed by atoms with E-state index in [1.54, 1.807) is 0 Å². The van der Waals surface area contributed by atoms with Crippen LogP contribution < -0.4 is 9.80 Å². The molecule has 266 valence electrons. The molecule has 0 N–H and O–H groups in total. The molecule has 4 fully saturated rings. The number of ether oxygens (including phenoxy) is 2. The van der Waals surface area contributed by atoms with Gasteiger partial charge >= 0.3 is 0 Å². The third kappa shape index (κ3) is 6.36. The molecule has 10 rings (SSSR count). The molecule has 0 spiro atoms. The molecule has 2 saturated carbocycles. The molecule has 2 heterocycles. The predicted molar refractivity (Wildman–Crippen MR) is 222 cm³/mol. The number of fused-ring (bicyclic) bond motifs is 2. The van der Waals surface area contributed by atoms with Crippen molar-refractivity contribution < 1.29 is 9.47 Å². The highest BCUT2D eigenvalue weighted by molar-refractivity contribution is 5.81. The highest BCUT2D eigenvalue weighted by Crippen LogP contribution is 2.52. The van der Waals surface area contributed by atoms with Crippen LogP contribution in [0.3, 0.4) is 0 Å². The van der Waals surface area contributed by atoms with Crippen molar-refractivity contribution in [2.75, 3.05) is 9.80 Å². The van der Waals surface area contributed by atoms with Crippen LogP contribution >= 0.6 is 0 Å². The molecule has 0 amide bonds. The maximum Gasteiger partial charge on any atom is 0.113 e. The summed E-state index contributed by atoms with van der Waals surface area (Å²) in [5, 5.41) is 0. The van der Waals surface area contributed by atoms with E-state index >= 15 is 0 Å². The number of benzene rings is 6. The molecule has 4 heteroatoms. The summed E-state index contributed by atoms with van der Waals surface area (Å²) in [7, 11) is 0. The topological polar surface area (TPSA) is 31.5 Å². The van der Waals surface area contributed by atoms with E-state index in [-0.39, 0.29) is 11.2 Å². The van der Waals surface area contributed by atoms with Crippen LogP contribution in [0.15, 0.2) is 170 Å². The van der Waals surface area contributed by atoms with Crippen molar-refractivity contribution in [2.45, 2.75) is 61.9 Å². The molecule has 2 aliphatic heterocycles. The molecule has 4 nitrogen and oxygen atoms in total. The first-order valence-electron chi connectivity index (χ1n) is 19.5. The highest BCUT2D eigenvalue weighted by atomic mass is 16.6. The number of rotatable bonds is 11. The van der Waals surface area contributed by atoms with Crippen molar-refractivity contribution in [3.05, 3.63) is 181 Å². The van der Waals surface area contributed by atoms with Gasteiger partial charge in [0.25, 0.3) is 0 Å². The van der Waals surface area contributed by atoms with E-state index in [0.717, 1.165) is 47.0 Å². The zero-order valence-electron chi connectivity index (χ0n) is 30.4. The Morgan fingerprint density at radius 1 is 0.407 bits per heavy atom. The Kier molecular flexibility index (Phi) is 8.31. The second-order valence-electron chi connectivity index (χ2n) is 15.2. The fourth-order valence-corrected chi connectivity index (χ4v) is 8.69. The number of nitrogens with zero attached hydrogens (tertiary/aromatic N) is 2. The molecular weight excluding hydrogens is 661 g/mol. The van der Waals surface area contributed by atoms with Crippen LogP contribution in [0.4, 0.5) is 34.1 Å². The van der Waals surface area contributed by atoms with Gasteiger partial charge in [-0.25, -0.2) is 0 Å². The first-order valence-corrected chi connectivity index (χ1v) is 19.5. The molecule has 6 aromatic rings. The second kappa shape index (κ2) is 13.6. The molecule has 2 saturated heterocycles. The first kappa shape index (κ1) is 32.9.